The first-order valence-electron chi connectivity index (χ1n) is 8.30. The molecule has 0 atom stereocenters. The van der Waals surface area contributed by atoms with Crippen LogP contribution in [-0.2, 0) is 6.42 Å². The molecule has 4 rings (SSSR count). The lowest BCUT2D eigenvalue weighted by molar-refractivity contribution is 0.0713. The van der Waals surface area contributed by atoms with Crippen molar-refractivity contribution < 1.29 is 24.2 Å². The van der Waals surface area contributed by atoms with Gasteiger partial charge in [-0.1, -0.05) is 0 Å². The highest BCUT2D eigenvalue weighted by Crippen LogP contribution is 2.37. The van der Waals surface area contributed by atoms with Gasteiger partial charge in [0.15, 0.2) is 5.58 Å². The van der Waals surface area contributed by atoms with Crippen LogP contribution in [0.4, 0.5) is 0 Å². The number of aromatic hydroxyl groups is 2. The largest absolute Gasteiger partial charge is 0.508 e. The highest BCUT2D eigenvalue weighted by Gasteiger charge is 2.21. The van der Waals surface area contributed by atoms with E-state index in [1.165, 1.54) is 18.2 Å². The molecule has 0 amide bonds. The molecule has 0 spiro atoms. The van der Waals surface area contributed by atoms with Gasteiger partial charge >= 0.3 is 5.63 Å². The molecule has 0 unspecified atom stereocenters. The Kier molecular flexibility index (Phi) is 3.49. The highest BCUT2D eigenvalue weighted by atomic mass is 16.4. The summed E-state index contributed by atoms with van der Waals surface area (Å²) in [6.07, 6.45) is 0.720. The van der Waals surface area contributed by atoms with Crippen LogP contribution in [0.2, 0.25) is 0 Å². The Morgan fingerprint density at radius 1 is 1.00 bits per heavy atom. The highest BCUT2D eigenvalue weighted by molar-refractivity contribution is 6.13. The third kappa shape index (κ3) is 2.59. The van der Waals surface area contributed by atoms with Gasteiger partial charge in [0.2, 0.25) is 0 Å². The van der Waals surface area contributed by atoms with Crippen molar-refractivity contribution >= 4 is 32.9 Å². The summed E-state index contributed by atoms with van der Waals surface area (Å²) in [5.41, 5.74) is -0.0723. The number of hydrogen-bond acceptors (Lipinski definition) is 6. The second-order valence-corrected chi connectivity index (χ2v) is 7.13. The van der Waals surface area contributed by atoms with Crippen LogP contribution in [0.25, 0.3) is 32.9 Å². The number of furan rings is 1. The maximum absolute atomic E-state index is 12.6. The van der Waals surface area contributed by atoms with Crippen LogP contribution in [-0.4, -0.2) is 20.9 Å². The Morgan fingerprint density at radius 3 is 2.46 bits per heavy atom. The van der Waals surface area contributed by atoms with E-state index in [0.29, 0.717) is 45.7 Å². The van der Waals surface area contributed by atoms with Crippen molar-refractivity contribution in [2.45, 2.75) is 32.3 Å². The average molecular weight is 354 g/mol. The summed E-state index contributed by atoms with van der Waals surface area (Å²) in [6.45, 7) is 3.35. The Hall–Kier alpha value is -2.99. The Balaban J connectivity index is 2.05. The average Bonchev–Trinajstić information content (AvgIpc) is 2.92. The third-order valence-corrected chi connectivity index (χ3v) is 4.54. The van der Waals surface area contributed by atoms with Gasteiger partial charge in [-0.15, -0.1) is 0 Å². The van der Waals surface area contributed by atoms with Gasteiger partial charge in [-0.3, -0.25) is 0 Å². The second kappa shape index (κ2) is 5.51. The maximum atomic E-state index is 12.6. The van der Waals surface area contributed by atoms with E-state index < -0.39 is 11.2 Å². The standard InChI is InChI=1S/C20H18O6/c1-20(2,24)8-7-11-14(22)6-5-13-17(11)26-19(23)16-12-4-3-10(21)9-15(12)25-18(13)16/h3-6,9,21-22,24H,7-8H2,1-2H3. The monoisotopic (exact) mass is 354 g/mol. The van der Waals surface area contributed by atoms with Gasteiger partial charge in [-0.25, -0.2) is 4.79 Å². The molecule has 3 N–H and O–H groups in total. The zero-order valence-corrected chi connectivity index (χ0v) is 14.4. The number of aryl methyl sites for hydroxylation is 1. The quantitative estimate of drug-likeness (QED) is 0.483. The maximum Gasteiger partial charge on any atom is 0.348 e. The number of hydrogen-bond donors (Lipinski definition) is 3. The first-order chi connectivity index (χ1) is 12.2. The number of rotatable bonds is 3. The summed E-state index contributed by atoms with van der Waals surface area (Å²) in [7, 11) is 0. The number of benzene rings is 2. The fraction of sp³-hybridized carbons (Fsp3) is 0.250. The van der Waals surface area contributed by atoms with E-state index in [9.17, 15) is 20.1 Å². The van der Waals surface area contributed by atoms with Crippen molar-refractivity contribution in [3.05, 3.63) is 46.3 Å². The van der Waals surface area contributed by atoms with Crippen molar-refractivity contribution in [2.24, 2.45) is 0 Å². The van der Waals surface area contributed by atoms with Crippen molar-refractivity contribution in [1.29, 1.82) is 0 Å². The van der Waals surface area contributed by atoms with Crippen LogP contribution in [0.15, 0.2) is 44.0 Å². The fourth-order valence-corrected chi connectivity index (χ4v) is 3.21. The SMILES string of the molecule is CC(C)(O)CCc1c(O)ccc2c1oc(=O)c1c3ccc(O)cc3oc21. The van der Waals surface area contributed by atoms with E-state index in [0.717, 1.165) is 0 Å². The molecular weight excluding hydrogens is 336 g/mol. The zero-order chi connectivity index (χ0) is 18.6. The summed E-state index contributed by atoms with van der Waals surface area (Å²) in [6, 6.07) is 7.68. The van der Waals surface area contributed by atoms with Crippen LogP contribution >= 0.6 is 0 Å². The number of phenolic OH excluding ortho intramolecular Hbond substituents is 2. The molecule has 2 aromatic heterocycles. The number of fused-ring (bicyclic) bond motifs is 5. The zero-order valence-electron chi connectivity index (χ0n) is 14.4. The van der Waals surface area contributed by atoms with Crippen molar-refractivity contribution in [3.63, 3.8) is 0 Å². The van der Waals surface area contributed by atoms with Gasteiger partial charge in [0.25, 0.3) is 0 Å². The molecule has 134 valence electrons. The molecule has 2 aromatic carbocycles. The number of phenols is 2. The predicted molar refractivity (Wildman–Crippen MR) is 97.7 cm³/mol. The lowest BCUT2D eigenvalue weighted by Crippen LogP contribution is -2.19. The Morgan fingerprint density at radius 2 is 1.73 bits per heavy atom. The molecule has 26 heavy (non-hydrogen) atoms. The molecule has 0 aliphatic heterocycles. The predicted octanol–water partition coefficient (Wildman–Crippen LogP) is 3.81. The summed E-state index contributed by atoms with van der Waals surface area (Å²) in [5, 5.41) is 31.3. The molecule has 0 bridgehead atoms. The smallest absolute Gasteiger partial charge is 0.348 e. The molecule has 0 fully saturated rings. The van der Waals surface area contributed by atoms with E-state index in [2.05, 4.69) is 0 Å². The minimum absolute atomic E-state index is 0.00185. The topological polar surface area (TPSA) is 104 Å². The summed E-state index contributed by atoms with van der Waals surface area (Å²) in [4.78, 5) is 12.6. The van der Waals surface area contributed by atoms with Gasteiger partial charge in [0.05, 0.1) is 11.0 Å². The molecule has 0 saturated heterocycles. The second-order valence-electron chi connectivity index (χ2n) is 7.13. The summed E-state index contributed by atoms with van der Waals surface area (Å²) >= 11 is 0. The van der Waals surface area contributed by atoms with Gasteiger partial charge < -0.3 is 24.2 Å². The Labute approximate surface area is 147 Å². The van der Waals surface area contributed by atoms with Gasteiger partial charge in [0.1, 0.15) is 28.1 Å². The van der Waals surface area contributed by atoms with Gasteiger partial charge in [0, 0.05) is 17.0 Å². The minimum Gasteiger partial charge on any atom is -0.508 e. The lowest BCUT2D eigenvalue weighted by atomic mass is 9.97. The van der Waals surface area contributed by atoms with Crippen LogP contribution in [0.5, 0.6) is 11.5 Å². The third-order valence-electron chi connectivity index (χ3n) is 4.54. The van der Waals surface area contributed by atoms with E-state index in [-0.39, 0.29) is 17.1 Å². The molecule has 6 heteroatoms. The molecule has 0 radical (unpaired) electrons. The van der Waals surface area contributed by atoms with E-state index >= 15 is 0 Å². The molecule has 4 aromatic rings. The first-order valence-corrected chi connectivity index (χ1v) is 8.30. The van der Waals surface area contributed by atoms with E-state index in [1.54, 1.807) is 26.0 Å². The van der Waals surface area contributed by atoms with E-state index in [4.69, 9.17) is 8.83 Å². The van der Waals surface area contributed by atoms with Gasteiger partial charge in [-0.05, 0) is 51.0 Å². The first kappa shape index (κ1) is 16.5. The number of aliphatic hydroxyl groups is 1. The lowest BCUT2D eigenvalue weighted by Gasteiger charge is -2.17. The Bertz CT molecular complexity index is 1210. The minimum atomic E-state index is -0.921. The van der Waals surface area contributed by atoms with Crippen LogP contribution in [0.3, 0.4) is 0 Å². The van der Waals surface area contributed by atoms with Crippen LogP contribution in [0.1, 0.15) is 25.8 Å². The summed E-state index contributed by atoms with van der Waals surface area (Å²) < 4.78 is 11.3. The molecule has 0 aliphatic rings. The van der Waals surface area contributed by atoms with Crippen molar-refractivity contribution in [2.75, 3.05) is 0 Å². The van der Waals surface area contributed by atoms with Crippen molar-refractivity contribution in [1.82, 2.24) is 0 Å². The summed E-state index contributed by atoms with van der Waals surface area (Å²) in [5.74, 6) is 0.0340. The van der Waals surface area contributed by atoms with Crippen LogP contribution < -0.4 is 5.63 Å². The molecule has 0 saturated carbocycles. The molecule has 0 aliphatic carbocycles. The fourth-order valence-electron chi connectivity index (χ4n) is 3.21. The van der Waals surface area contributed by atoms with Crippen LogP contribution in [0, 0.1) is 0 Å². The van der Waals surface area contributed by atoms with Gasteiger partial charge in [-0.2, -0.15) is 0 Å². The van der Waals surface area contributed by atoms with Crippen molar-refractivity contribution in [3.8, 4) is 11.5 Å². The molecule has 2 heterocycles. The normalized spacial score (nSPS) is 12.4. The van der Waals surface area contributed by atoms with E-state index in [1.807, 2.05) is 0 Å². The molecular formula is C20H18O6. The molecule has 6 nitrogen and oxygen atoms in total.